The van der Waals surface area contributed by atoms with Crippen LogP contribution in [0.25, 0.3) is 6.08 Å². The van der Waals surface area contributed by atoms with Crippen LogP contribution in [0.2, 0.25) is 0 Å². The average molecular weight is 470 g/mol. The zero-order chi connectivity index (χ0) is 23.3. The minimum absolute atomic E-state index is 0.161. The molecule has 6 nitrogen and oxygen atoms in total. The highest BCUT2D eigenvalue weighted by Crippen LogP contribution is 2.31. The van der Waals surface area contributed by atoms with Gasteiger partial charge < -0.3 is 14.8 Å². The summed E-state index contributed by atoms with van der Waals surface area (Å²) in [5.41, 5.74) is 2.90. The molecule has 2 aromatic carbocycles. The minimum atomic E-state index is -0.470. The SMILES string of the molecule is CCCc1c(COc2ccc(/C=C3\SC(=S)NC3=O)cc2)ccc(C(C)=O)c1OC(C)=O. The van der Waals surface area contributed by atoms with Crippen LogP contribution in [0.3, 0.4) is 0 Å². The summed E-state index contributed by atoms with van der Waals surface area (Å²) in [5.74, 6) is 0.146. The molecule has 0 spiro atoms. The van der Waals surface area contributed by atoms with Crippen LogP contribution in [0.1, 0.15) is 54.2 Å². The number of Topliss-reactive ketones (excluding diaryl/α,β-unsaturated/α-hetero) is 1. The Hall–Kier alpha value is -2.97. The number of hydrogen-bond acceptors (Lipinski definition) is 7. The number of ether oxygens (including phenoxy) is 2. The zero-order valence-corrected chi connectivity index (χ0v) is 19.7. The third kappa shape index (κ3) is 5.83. The quantitative estimate of drug-likeness (QED) is 0.195. The van der Waals surface area contributed by atoms with Gasteiger partial charge in [0.05, 0.1) is 10.5 Å². The molecule has 1 saturated heterocycles. The first kappa shape index (κ1) is 23.7. The second-order valence-corrected chi connectivity index (χ2v) is 8.91. The van der Waals surface area contributed by atoms with Crippen molar-refractivity contribution in [2.24, 2.45) is 0 Å². The number of esters is 1. The van der Waals surface area contributed by atoms with Crippen molar-refractivity contribution < 1.29 is 23.9 Å². The lowest BCUT2D eigenvalue weighted by Crippen LogP contribution is -2.17. The normalized spacial score (nSPS) is 14.4. The van der Waals surface area contributed by atoms with E-state index in [9.17, 15) is 14.4 Å². The molecule has 32 heavy (non-hydrogen) atoms. The predicted octanol–water partition coefficient (Wildman–Crippen LogP) is 4.83. The molecule has 0 aromatic heterocycles. The molecule has 0 atom stereocenters. The van der Waals surface area contributed by atoms with Crippen LogP contribution in [0, 0.1) is 0 Å². The van der Waals surface area contributed by atoms with Crippen molar-refractivity contribution in [3.63, 3.8) is 0 Å². The summed E-state index contributed by atoms with van der Waals surface area (Å²) in [7, 11) is 0. The van der Waals surface area contributed by atoms with Gasteiger partial charge in [-0.2, -0.15) is 0 Å². The summed E-state index contributed by atoms with van der Waals surface area (Å²) in [5, 5.41) is 2.59. The molecule has 2 aromatic rings. The Morgan fingerprint density at radius 2 is 1.84 bits per heavy atom. The lowest BCUT2D eigenvalue weighted by atomic mass is 9.97. The Morgan fingerprint density at radius 1 is 1.12 bits per heavy atom. The number of thioether (sulfide) groups is 1. The third-order valence-corrected chi connectivity index (χ3v) is 5.86. The summed E-state index contributed by atoms with van der Waals surface area (Å²) in [4.78, 5) is 36.0. The second-order valence-electron chi connectivity index (χ2n) is 7.19. The molecule has 0 bridgehead atoms. The molecule has 8 heteroatoms. The van der Waals surface area contributed by atoms with Gasteiger partial charge in [-0.3, -0.25) is 14.4 Å². The summed E-state index contributed by atoms with van der Waals surface area (Å²) in [6, 6.07) is 10.9. The number of carbonyl (C=O) groups excluding carboxylic acids is 3. The van der Waals surface area contributed by atoms with E-state index >= 15 is 0 Å². The summed E-state index contributed by atoms with van der Waals surface area (Å²) in [6.45, 7) is 5.05. The first-order valence-electron chi connectivity index (χ1n) is 10.1. The van der Waals surface area contributed by atoms with Gasteiger partial charge in [0.25, 0.3) is 5.91 Å². The molecule has 166 valence electrons. The average Bonchev–Trinajstić information content (AvgIpc) is 3.05. The standard InChI is InChI=1S/C24H23NO5S2/c1-4-5-20-17(8-11-19(14(2)26)22(20)30-15(3)27)13-29-18-9-6-16(7-10-18)12-21-23(28)25-24(31)32-21/h6-12H,4-5,13H2,1-3H3,(H,25,28,31)/b21-12-. The van der Waals surface area contributed by atoms with E-state index in [2.05, 4.69) is 5.32 Å². The van der Waals surface area contributed by atoms with E-state index in [1.165, 1.54) is 25.6 Å². The highest BCUT2D eigenvalue weighted by Gasteiger charge is 2.22. The smallest absolute Gasteiger partial charge is 0.308 e. The van der Waals surface area contributed by atoms with Crippen LogP contribution in [0.4, 0.5) is 0 Å². The number of amides is 1. The fourth-order valence-corrected chi connectivity index (χ4v) is 4.30. The van der Waals surface area contributed by atoms with Crippen molar-refractivity contribution in [3.05, 3.63) is 63.6 Å². The predicted molar refractivity (Wildman–Crippen MR) is 129 cm³/mol. The van der Waals surface area contributed by atoms with Crippen LogP contribution in [0.5, 0.6) is 11.5 Å². The first-order valence-corrected chi connectivity index (χ1v) is 11.3. The van der Waals surface area contributed by atoms with Crippen LogP contribution in [0.15, 0.2) is 41.3 Å². The molecule has 0 radical (unpaired) electrons. The van der Waals surface area contributed by atoms with E-state index in [0.29, 0.717) is 32.7 Å². The van der Waals surface area contributed by atoms with Crippen molar-refractivity contribution >= 4 is 52.0 Å². The number of nitrogens with one attached hydrogen (secondary N) is 1. The van der Waals surface area contributed by atoms with Crippen molar-refractivity contribution in [2.45, 2.75) is 40.2 Å². The van der Waals surface area contributed by atoms with E-state index in [4.69, 9.17) is 21.7 Å². The first-order chi connectivity index (χ1) is 15.3. The number of thiocarbonyl (C=S) groups is 1. The minimum Gasteiger partial charge on any atom is -0.489 e. The van der Waals surface area contributed by atoms with Gasteiger partial charge in [-0.05, 0) is 48.7 Å². The Bertz CT molecular complexity index is 1110. The topological polar surface area (TPSA) is 81.7 Å². The second kappa shape index (κ2) is 10.6. The van der Waals surface area contributed by atoms with Gasteiger partial charge in [-0.25, -0.2) is 0 Å². The van der Waals surface area contributed by atoms with E-state index in [1.807, 2.05) is 37.3 Å². The number of rotatable bonds is 8. The molecule has 0 saturated carbocycles. The molecule has 1 aliphatic rings. The Labute approximate surface area is 196 Å². The molecule has 3 rings (SSSR count). The van der Waals surface area contributed by atoms with Crippen molar-refractivity contribution in [1.82, 2.24) is 5.32 Å². The molecular weight excluding hydrogens is 446 g/mol. The molecule has 0 unspecified atom stereocenters. The molecule has 0 aliphatic carbocycles. The monoisotopic (exact) mass is 469 g/mol. The molecule has 1 fully saturated rings. The zero-order valence-electron chi connectivity index (χ0n) is 18.0. The van der Waals surface area contributed by atoms with Gasteiger partial charge in [-0.15, -0.1) is 0 Å². The van der Waals surface area contributed by atoms with Gasteiger partial charge in [0.15, 0.2) is 5.78 Å². The van der Waals surface area contributed by atoms with E-state index in [0.717, 1.165) is 23.1 Å². The maximum Gasteiger partial charge on any atom is 0.308 e. The number of ketones is 1. The van der Waals surface area contributed by atoms with Gasteiger partial charge in [0, 0.05) is 12.5 Å². The number of hydrogen-bond donors (Lipinski definition) is 1. The summed E-state index contributed by atoms with van der Waals surface area (Å²) in [6.07, 6.45) is 3.24. The van der Waals surface area contributed by atoms with Gasteiger partial charge >= 0.3 is 5.97 Å². The Morgan fingerprint density at radius 3 is 2.41 bits per heavy atom. The van der Waals surface area contributed by atoms with Crippen LogP contribution in [-0.2, 0) is 22.6 Å². The van der Waals surface area contributed by atoms with Crippen LogP contribution < -0.4 is 14.8 Å². The fourth-order valence-electron chi connectivity index (χ4n) is 3.26. The lowest BCUT2D eigenvalue weighted by molar-refractivity contribution is -0.132. The van der Waals surface area contributed by atoms with Crippen molar-refractivity contribution in [1.29, 1.82) is 0 Å². The van der Waals surface area contributed by atoms with E-state index in [1.54, 1.807) is 12.1 Å². The number of carbonyl (C=O) groups is 3. The molecule has 1 amide bonds. The Balaban J connectivity index is 1.79. The largest absolute Gasteiger partial charge is 0.489 e. The fraction of sp³-hybridized carbons (Fsp3) is 0.250. The highest BCUT2D eigenvalue weighted by atomic mass is 32.2. The maximum atomic E-state index is 12.0. The van der Waals surface area contributed by atoms with Crippen molar-refractivity contribution in [3.8, 4) is 11.5 Å². The lowest BCUT2D eigenvalue weighted by Gasteiger charge is -2.17. The highest BCUT2D eigenvalue weighted by molar-refractivity contribution is 8.26. The summed E-state index contributed by atoms with van der Waals surface area (Å²) < 4.78 is 11.8. The van der Waals surface area contributed by atoms with Crippen LogP contribution >= 0.6 is 24.0 Å². The Kier molecular flexibility index (Phi) is 7.82. The molecular formula is C24H23NO5S2. The van der Waals surface area contributed by atoms with E-state index in [-0.39, 0.29) is 18.3 Å². The van der Waals surface area contributed by atoms with Crippen LogP contribution in [-0.4, -0.2) is 22.0 Å². The van der Waals surface area contributed by atoms with Gasteiger partial charge in [0.2, 0.25) is 0 Å². The molecule has 1 heterocycles. The maximum absolute atomic E-state index is 12.0. The van der Waals surface area contributed by atoms with Gasteiger partial charge in [0.1, 0.15) is 22.4 Å². The van der Waals surface area contributed by atoms with E-state index < -0.39 is 5.97 Å². The number of benzene rings is 2. The third-order valence-electron chi connectivity index (χ3n) is 4.70. The van der Waals surface area contributed by atoms with Crippen molar-refractivity contribution in [2.75, 3.05) is 0 Å². The molecule has 1 aliphatic heterocycles. The van der Waals surface area contributed by atoms with Gasteiger partial charge in [-0.1, -0.05) is 55.5 Å². The summed E-state index contributed by atoms with van der Waals surface area (Å²) >= 11 is 6.23. The molecule has 1 N–H and O–H groups in total.